The number of halogens is 6. The van der Waals surface area contributed by atoms with E-state index >= 15 is 0 Å². The minimum Gasteiger partial charge on any atom is -0.494 e. The van der Waals surface area contributed by atoms with Crippen molar-refractivity contribution in [3.8, 4) is 11.5 Å². The second-order valence-corrected chi connectivity index (χ2v) is 14.3. The van der Waals surface area contributed by atoms with Crippen LogP contribution in [0.25, 0.3) is 0 Å². The number of aryl methyl sites for hydroxylation is 1. The number of hydrogen-bond acceptors (Lipinski definition) is 8. The summed E-state index contributed by atoms with van der Waals surface area (Å²) >= 11 is 39.4. The lowest BCUT2D eigenvalue weighted by atomic mass is 9.84. The molecule has 2 bridgehead atoms. The summed E-state index contributed by atoms with van der Waals surface area (Å²) in [6.07, 6.45) is -0.169. The van der Waals surface area contributed by atoms with Crippen molar-refractivity contribution in [1.82, 2.24) is 0 Å². The third-order valence-corrected chi connectivity index (χ3v) is 12.9. The maximum Gasteiger partial charge on any atom is 0.316 e. The van der Waals surface area contributed by atoms with Crippen LogP contribution >= 0.6 is 69.6 Å². The van der Waals surface area contributed by atoms with Gasteiger partial charge < -0.3 is 14.4 Å². The Balaban J connectivity index is 1.20. The van der Waals surface area contributed by atoms with Crippen LogP contribution in [-0.2, 0) is 19.2 Å². The largest absolute Gasteiger partial charge is 0.494 e. The average Bonchev–Trinajstić information content (AvgIpc) is 3.57. The molecule has 236 valence electrons. The number of non-ortho nitro benzene ring substituents is 1. The van der Waals surface area contributed by atoms with E-state index in [0.29, 0.717) is 5.56 Å². The molecular weight excluding hydrogens is 719 g/mol. The Kier molecular flexibility index (Phi) is 7.58. The Hall–Kier alpha value is -2.80. The van der Waals surface area contributed by atoms with Crippen LogP contribution in [0, 0.1) is 34.8 Å². The number of hydrogen-bond donors (Lipinski definition) is 0. The van der Waals surface area contributed by atoms with Crippen LogP contribution in [-0.4, -0.2) is 56.4 Å². The molecule has 0 spiro atoms. The summed E-state index contributed by atoms with van der Waals surface area (Å²) < 4.78 is 8.72. The third kappa shape index (κ3) is 4.17. The van der Waals surface area contributed by atoms with E-state index in [-0.39, 0.29) is 51.6 Å². The Bertz CT molecular complexity index is 1740. The number of methoxy groups -OCH3 is 1. The van der Waals surface area contributed by atoms with Crippen molar-refractivity contribution in [2.75, 3.05) is 23.5 Å². The maximum absolute atomic E-state index is 13.7. The highest BCUT2D eigenvalue weighted by molar-refractivity contribution is 6.67. The van der Waals surface area contributed by atoms with E-state index in [0.717, 1.165) is 4.90 Å². The first-order valence-electron chi connectivity index (χ1n) is 13.2. The molecule has 0 radical (unpaired) electrons. The summed E-state index contributed by atoms with van der Waals surface area (Å²) in [7, 11) is 1.31. The number of benzene rings is 2. The lowest BCUT2D eigenvalue weighted by molar-refractivity contribution is -0.384. The highest BCUT2D eigenvalue weighted by Crippen LogP contribution is 2.77. The molecular formula is C28H19Cl6N3O8. The number of nitro groups is 1. The molecule has 11 nitrogen and oxygen atoms in total. The van der Waals surface area contributed by atoms with E-state index in [2.05, 4.69) is 0 Å². The fourth-order valence-electron chi connectivity index (χ4n) is 6.48. The summed E-state index contributed by atoms with van der Waals surface area (Å²) in [5.41, 5.74) is 0.616. The van der Waals surface area contributed by atoms with Crippen molar-refractivity contribution in [2.24, 2.45) is 17.8 Å². The number of esters is 1. The monoisotopic (exact) mass is 735 g/mol. The summed E-state index contributed by atoms with van der Waals surface area (Å²) in [6, 6.07) is 8.04. The molecule has 2 aromatic rings. The molecule has 6 rings (SSSR count). The number of carbonyl (C=O) groups excluding carboxylic acids is 4. The van der Waals surface area contributed by atoms with Crippen molar-refractivity contribution < 1.29 is 33.6 Å². The van der Waals surface area contributed by atoms with Crippen LogP contribution in [0.15, 0.2) is 46.5 Å². The van der Waals surface area contributed by atoms with E-state index in [4.69, 9.17) is 79.1 Å². The van der Waals surface area contributed by atoms with Gasteiger partial charge in [-0.1, -0.05) is 46.4 Å². The highest BCUT2D eigenvalue weighted by Gasteiger charge is 2.87. The lowest BCUT2D eigenvalue weighted by Crippen LogP contribution is -2.50. The SMILES string of the molecule is COc1cc([N+](=O)[O-])ccc1N1C[C@H](C(=O)Oc2ccc(N3C(=O)[C@@H]4[C@H](C3=O)[C@@]3(Cl)C(Cl)=C(Cl)[C@@]4(Cl)C3(Cl)Cl)c(C)c2)CC1=O. The number of rotatable bonds is 6. The van der Waals surface area contributed by atoms with Crippen molar-refractivity contribution in [2.45, 2.75) is 27.4 Å². The van der Waals surface area contributed by atoms with Gasteiger partial charge in [0, 0.05) is 19.0 Å². The van der Waals surface area contributed by atoms with Crippen LogP contribution in [0.4, 0.5) is 17.1 Å². The summed E-state index contributed by atoms with van der Waals surface area (Å²) in [4.78, 5) is 62.1. The average molecular weight is 738 g/mol. The van der Waals surface area contributed by atoms with Gasteiger partial charge in [-0.25, -0.2) is 4.90 Å². The quantitative estimate of drug-likeness (QED) is 0.0904. The van der Waals surface area contributed by atoms with Gasteiger partial charge in [0.25, 0.3) is 5.69 Å². The molecule has 17 heteroatoms. The van der Waals surface area contributed by atoms with Gasteiger partial charge in [-0.05, 0) is 36.8 Å². The number of imide groups is 1. The molecule has 2 aliphatic heterocycles. The molecule has 2 aliphatic carbocycles. The van der Waals surface area contributed by atoms with Gasteiger partial charge in [-0.2, -0.15) is 0 Å². The van der Waals surface area contributed by atoms with E-state index in [9.17, 15) is 29.3 Å². The highest BCUT2D eigenvalue weighted by atomic mass is 35.5. The number of nitrogens with zero attached hydrogens (tertiary/aromatic N) is 3. The fraction of sp³-hybridized carbons (Fsp3) is 0.357. The van der Waals surface area contributed by atoms with Gasteiger partial charge >= 0.3 is 5.97 Å². The molecule has 5 atom stereocenters. The van der Waals surface area contributed by atoms with Crippen LogP contribution < -0.4 is 19.3 Å². The Labute approximate surface area is 284 Å². The van der Waals surface area contributed by atoms with Crippen LogP contribution in [0.5, 0.6) is 11.5 Å². The molecule has 3 fully saturated rings. The third-order valence-electron chi connectivity index (χ3n) is 8.66. The second kappa shape index (κ2) is 10.6. The molecule has 4 aliphatic rings. The molecule has 2 saturated heterocycles. The number of ether oxygens (including phenoxy) is 2. The first kappa shape index (κ1) is 32.2. The maximum atomic E-state index is 13.7. The second-order valence-electron chi connectivity index (χ2n) is 11.0. The number of allylic oxidation sites excluding steroid dienone is 2. The van der Waals surface area contributed by atoms with Crippen molar-refractivity contribution in [1.29, 1.82) is 0 Å². The van der Waals surface area contributed by atoms with E-state index < -0.39 is 60.4 Å². The number of fused-ring (bicyclic) bond motifs is 5. The molecule has 45 heavy (non-hydrogen) atoms. The summed E-state index contributed by atoms with van der Waals surface area (Å²) in [5.74, 6) is -5.83. The number of carbonyl (C=O) groups is 4. The minimum atomic E-state index is -2.06. The smallest absolute Gasteiger partial charge is 0.316 e. The van der Waals surface area contributed by atoms with Crippen molar-refractivity contribution in [3.63, 3.8) is 0 Å². The number of alkyl halides is 4. The predicted molar refractivity (Wildman–Crippen MR) is 167 cm³/mol. The van der Waals surface area contributed by atoms with Crippen LogP contribution in [0.1, 0.15) is 12.0 Å². The normalized spacial score (nSPS) is 30.0. The molecule has 0 unspecified atom stereocenters. The van der Waals surface area contributed by atoms with Crippen molar-refractivity contribution >= 4 is 110 Å². The summed E-state index contributed by atoms with van der Waals surface area (Å²) in [5, 5.41) is 10.7. The molecule has 2 aromatic carbocycles. The number of anilines is 2. The molecule has 1 saturated carbocycles. The zero-order valence-electron chi connectivity index (χ0n) is 23.0. The summed E-state index contributed by atoms with van der Waals surface area (Å²) in [6.45, 7) is 1.54. The van der Waals surface area contributed by atoms with E-state index in [1.807, 2.05) is 0 Å². The van der Waals surface area contributed by atoms with Gasteiger partial charge in [0.2, 0.25) is 17.7 Å². The van der Waals surface area contributed by atoms with Gasteiger partial charge in [0.05, 0.1) is 57.3 Å². The van der Waals surface area contributed by atoms with Gasteiger partial charge in [0.15, 0.2) is 4.33 Å². The van der Waals surface area contributed by atoms with Gasteiger partial charge in [-0.15, -0.1) is 23.2 Å². The fourth-order valence-corrected chi connectivity index (χ4v) is 9.40. The van der Waals surface area contributed by atoms with Gasteiger partial charge in [-0.3, -0.25) is 29.3 Å². The minimum absolute atomic E-state index is 0.0510. The van der Waals surface area contributed by atoms with E-state index in [1.165, 1.54) is 48.4 Å². The number of nitro benzene ring substituents is 1. The van der Waals surface area contributed by atoms with Crippen LogP contribution in [0.2, 0.25) is 0 Å². The molecule has 0 aromatic heterocycles. The topological polar surface area (TPSA) is 136 Å². The first-order valence-corrected chi connectivity index (χ1v) is 15.4. The first-order chi connectivity index (χ1) is 21.0. The predicted octanol–water partition coefficient (Wildman–Crippen LogP) is 5.82. The number of amides is 3. The Morgan fingerprint density at radius 3 is 2.07 bits per heavy atom. The van der Waals surface area contributed by atoms with Gasteiger partial charge in [0.1, 0.15) is 21.2 Å². The lowest BCUT2D eigenvalue weighted by Gasteiger charge is -2.34. The molecule has 3 amide bonds. The molecule has 0 N–H and O–H groups in total. The standard InChI is InChI=1S/C28H19Cl6N3O8/c1-11-7-14(45-25(41)12-8-18(38)35(10-12)16-5-3-13(37(42)43)9-17(16)44-2)4-6-15(11)36-23(39)19-20(24(36)40)27(32)22(30)21(29)26(19,31)28(27,33)34/h3-7,9,12,19-20H,8,10H2,1-2H3/t12-,19-,20+,26-,27-/m1/s1. The van der Waals surface area contributed by atoms with E-state index in [1.54, 1.807) is 6.92 Å². The Morgan fingerprint density at radius 2 is 1.53 bits per heavy atom. The zero-order chi connectivity index (χ0) is 33.0. The van der Waals surface area contributed by atoms with Crippen LogP contribution in [0.3, 0.4) is 0 Å². The van der Waals surface area contributed by atoms with Crippen molar-refractivity contribution in [3.05, 3.63) is 62.1 Å². The molecule has 2 heterocycles. The Morgan fingerprint density at radius 1 is 0.956 bits per heavy atom. The zero-order valence-corrected chi connectivity index (χ0v) is 27.5.